The Bertz CT molecular complexity index is 388. The molecule has 0 aromatic heterocycles. The number of halogens is 3. The normalized spacial score (nSPS) is 16.0. The van der Waals surface area contributed by atoms with Crippen LogP contribution in [0.25, 0.3) is 10.4 Å². The average Bonchev–Trinajstić information content (AvgIpc) is 2.25. The highest BCUT2D eigenvalue weighted by Gasteiger charge is 2.27. The van der Waals surface area contributed by atoms with E-state index in [1.165, 1.54) is 19.1 Å². The Morgan fingerprint density at radius 3 is 2.31 bits per heavy atom. The van der Waals surface area contributed by atoms with Crippen molar-refractivity contribution < 1.29 is 8.78 Å². The van der Waals surface area contributed by atoms with E-state index >= 15 is 0 Å². The zero-order valence-electron chi connectivity index (χ0n) is 8.52. The van der Waals surface area contributed by atoms with Gasteiger partial charge in [-0.05, 0) is 30.2 Å². The fourth-order valence-corrected chi connectivity index (χ4v) is 1.55. The minimum absolute atomic E-state index is 0.296. The molecule has 1 rings (SSSR count). The van der Waals surface area contributed by atoms with Gasteiger partial charge in [-0.2, -0.15) is 0 Å². The lowest BCUT2D eigenvalue weighted by Gasteiger charge is -2.17. The molecule has 0 N–H and O–H groups in total. The van der Waals surface area contributed by atoms with Crippen LogP contribution in [0.2, 0.25) is 0 Å². The molecule has 86 valence electrons. The molecule has 1 unspecified atom stereocenters. The van der Waals surface area contributed by atoms with Crippen LogP contribution in [0.15, 0.2) is 33.9 Å². The molecule has 0 spiro atoms. The van der Waals surface area contributed by atoms with Gasteiger partial charge in [0.05, 0.1) is 0 Å². The molecule has 0 saturated heterocycles. The molecule has 0 aliphatic rings. The van der Waals surface area contributed by atoms with Crippen LogP contribution >= 0.6 is 15.9 Å². The number of nitrogens with zero attached hydrogens (tertiary/aromatic N) is 3. The summed E-state index contributed by atoms with van der Waals surface area (Å²) in [6, 6.07) is 5.02. The van der Waals surface area contributed by atoms with Crippen molar-refractivity contribution in [3.8, 4) is 0 Å². The summed E-state index contributed by atoms with van der Waals surface area (Å²) in [5, 5.41) is 3.14. The van der Waals surface area contributed by atoms with Crippen LogP contribution in [0.1, 0.15) is 18.7 Å². The predicted molar refractivity (Wildman–Crippen MR) is 61.5 cm³/mol. The molecule has 16 heavy (non-hydrogen) atoms. The van der Waals surface area contributed by atoms with Crippen molar-refractivity contribution in [1.29, 1.82) is 0 Å². The number of hydrogen-bond acceptors (Lipinski definition) is 1. The summed E-state index contributed by atoms with van der Waals surface area (Å²) < 4.78 is 27.7. The maximum Gasteiger partial charge on any atom is 0.136 e. The van der Waals surface area contributed by atoms with Gasteiger partial charge in [-0.15, -0.1) is 0 Å². The second-order valence-electron chi connectivity index (χ2n) is 3.33. The number of alkyl halides is 2. The maximum atomic E-state index is 13.8. The van der Waals surface area contributed by atoms with E-state index in [0.717, 1.165) is 4.47 Å². The fraction of sp³-hybridized carbons (Fsp3) is 0.400. The average molecular weight is 290 g/mol. The molecular formula is C10H10BrF2N3. The molecule has 0 aliphatic carbocycles. The van der Waals surface area contributed by atoms with E-state index in [1.807, 2.05) is 0 Å². The van der Waals surface area contributed by atoms with Crippen molar-refractivity contribution in [2.45, 2.75) is 25.3 Å². The van der Waals surface area contributed by atoms with E-state index in [1.54, 1.807) is 12.1 Å². The van der Waals surface area contributed by atoms with Gasteiger partial charge in [-0.25, -0.2) is 8.78 Å². The standard InChI is InChI=1S/C10H10BrF2N3/c1-6(12)10(15-16-14)9(13)7-2-4-8(11)5-3-7/h2-6,9-10H,1H3/t6?,9-,10-/m0/s1. The summed E-state index contributed by atoms with van der Waals surface area (Å²) in [7, 11) is 0. The summed E-state index contributed by atoms with van der Waals surface area (Å²) in [6.07, 6.45) is -3.17. The van der Waals surface area contributed by atoms with Gasteiger partial charge in [0.1, 0.15) is 18.4 Å². The Balaban J connectivity index is 2.94. The van der Waals surface area contributed by atoms with Crippen LogP contribution in [0.5, 0.6) is 0 Å². The van der Waals surface area contributed by atoms with Crippen LogP contribution in [0, 0.1) is 0 Å². The molecule has 1 aromatic rings. The quantitative estimate of drug-likeness (QED) is 0.445. The summed E-state index contributed by atoms with van der Waals surface area (Å²) in [5.74, 6) is 0. The lowest BCUT2D eigenvalue weighted by Crippen LogP contribution is -2.22. The Hall–Kier alpha value is -1.13. The van der Waals surface area contributed by atoms with Crippen molar-refractivity contribution >= 4 is 15.9 Å². The molecule has 0 fully saturated rings. The van der Waals surface area contributed by atoms with Crippen molar-refractivity contribution in [3.05, 3.63) is 44.7 Å². The first-order valence-electron chi connectivity index (χ1n) is 4.64. The van der Waals surface area contributed by atoms with Crippen LogP contribution in [0.4, 0.5) is 8.78 Å². The fourth-order valence-electron chi connectivity index (χ4n) is 1.29. The monoisotopic (exact) mass is 289 g/mol. The first kappa shape index (κ1) is 12.9. The Labute approximate surface area is 100 Å². The van der Waals surface area contributed by atoms with Gasteiger partial charge in [-0.3, -0.25) is 0 Å². The summed E-state index contributed by atoms with van der Waals surface area (Å²) >= 11 is 3.21. The molecule has 0 aliphatic heterocycles. The van der Waals surface area contributed by atoms with Crippen LogP contribution in [-0.4, -0.2) is 12.2 Å². The van der Waals surface area contributed by atoms with Gasteiger partial charge in [-0.1, -0.05) is 33.2 Å². The van der Waals surface area contributed by atoms with E-state index < -0.39 is 18.4 Å². The van der Waals surface area contributed by atoms with Gasteiger partial charge in [0, 0.05) is 9.38 Å². The van der Waals surface area contributed by atoms with Gasteiger partial charge in [0.2, 0.25) is 0 Å². The van der Waals surface area contributed by atoms with Gasteiger partial charge >= 0.3 is 0 Å². The number of rotatable bonds is 4. The molecule has 0 radical (unpaired) electrons. The molecule has 3 atom stereocenters. The van der Waals surface area contributed by atoms with Crippen LogP contribution in [0.3, 0.4) is 0 Å². The van der Waals surface area contributed by atoms with Crippen molar-refractivity contribution in [1.82, 2.24) is 0 Å². The van der Waals surface area contributed by atoms with Crippen LogP contribution < -0.4 is 0 Å². The zero-order valence-corrected chi connectivity index (χ0v) is 10.1. The second-order valence-corrected chi connectivity index (χ2v) is 4.24. The highest BCUT2D eigenvalue weighted by Crippen LogP contribution is 2.28. The van der Waals surface area contributed by atoms with E-state index in [-0.39, 0.29) is 0 Å². The molecule has 0 heterocycles. The SMILES string of the molecule is CC(F)[C@H](N=[N+]=[N-])[C@@H](F)c1ccc(Br)cc1. The lowest BCUT2D eigenvalue weighted by molar-refractivity contribution is 0.196. The Morgan fingerprint density at radius 1 is 1.31 bits per heavy atom. The van der Waals surface area contributed by atoms with Gasteiger partial charge in [0.25, 0.3) is 0 Å². The van der Waals surface area contributed by atoms with E-state index in [9.17, 15) is 8.78 Å². The van der Waals surface area contributed by atoms with E-state index in [0.29, 0.717) is 5.56 Å². The molecule has 3 nitrogen and oxygen atoms in total. The van der Waals surface area contributed by atoms with Crippen LogP contribution in [-0.2, 0) is 0 Å². The van der Waals surface area contributed by atoms with E-state index in [4.69, 9.17) is 5.53 Å². The first-order valence-corrected chi connectivity index (χ1v) is 5.43. The number of hydrogen-bond donors (Lipinski definition) is 0. The lowest BCUT2D eigenvalue weighted by atomic mass is 10.0. The summed E-state index contributed by atoms with van der Waals surface area (Å²) in [4.78, 5) is 2.46. The third-order valence-corrected chi connectivity index (χ3v) is 2.67. The topological polar surface area (TPSA) is 48.8 Å². The van der Waals surface area contributed by atoms with Gasteiger partial charge < -0.3 is 0 Å². The van der Waals surface area contributed by atoms with Crippen molar-refractivity contribution in [2.24, 2.45) is 5.11 Å². The maximum absolute atomic E-state index is 13.8. The number of azide groups is 1. The highest BCUT2D eigenvalue weighted by molar-refractivity contribution is 9.10. The molecule has 6 heteroatoms. The minimum atomic E-state index is -1.64. The highest BCUT2D eigenvalue weighted by atomic mass is 79.9. The van der Waals surface area contributed by atoms with Crippen molar-refractivity contribution in [2.75, 3.05) is 0 Å². The Kier molecular flexibility index (Phi) is 4.71. The predicted octanol–water partition coefficient (Wildman–Crippen LogP) is 4.50. The summed E-state index contributed by atoms with van der Waals surface area (Å²) in [5.41, 5.74) is 8.54. The molecule has 0 bridgehead atoms. The van der Waals surface area contributed by atoms with Gasteiger partial charge in [0.15, 0.2) is 0 Å². The first-order chi connectivity index (χ1) is 7.56. The largest absolute Gasteiger partial charge is 0.247 e. The second kappa shape index (κ2) is 5.82. The molecule has 1 aromatic carbocycles. The minimum Gasteiger partial charge on any atom is -0.247 e. The smallest absolute Gasteiger partial charge is 0.136 e. The molecule has 0 saturated carbocycles. The van der Waals surface area contributed by atoms with E-state index in [2.05, 4.69) is 26.0 Å². The van der Waals surface area contributed by atoms with Crippen molar-refractivity contribution in [3.63, 3.8) is 0 Å². The number of benzene rings is 1. The summed E-state index contributed by atoms with van der Waals surface area (Å²) in [6.45, 7) is 1.17. The third-order valence-electron chi connectivity index (χ3n) is 2.14. The third kappa shape index (κ3) is 3.18. The molecule has 0 amide bonds. The zero-order chi connectivity index (χ0) is 12.1. The molecular weight excluding hydrogens is 280 g/mol. The Morgan fingerprint density at radius 2 is 1.88 bits per heavy atom.